The summed E-state index contributed by atoms with van der Waals surface area (Å²) in [5.41, 5.74) is 0.440. The van der Waals surface area contributed by atoms with E-state index in [2.05, 4.69) is 5.32 Å². The monoisotopic (exact) mass is 291 g/mol. The summed E-state index contributed by atoms with van der Waals surface area (Å²) in [5, 5.41) is 3.08. The Kier molecular flexibility index (Phi) is 5.87. The minimum atomic E-state index is -4.54. The number of hydrogen-bond acceptors (Lipinski definition) is 3. The normalized spacial score (nSPS) is 13.7. The molecule has 0 radical (unpaired) electrons. The molecule has 0 saturated carbocycles. The van der Waals surface area contributed by atoms with Gasteiger partial charge in [0.1, 0.15) is 0 Å². The van der Waals surface area contributed by atoms with E-state index in [1.807, 2.05) is 6.92 Å². The van der Waals surface area contributed by atoms with Gasteiger partial charge in [0, 0.05) is 6.04 Å². The predicted octanol–water partition coefficient (Wildman–Crippen LogP) is 2.61. The van der Waals surface area contributed by atoms with Gasteiger partial charge in [-0.15, -0.1) is 0 Å². The van der Waals surface area contributed by atoms with Crippen molar-refractivity contribution in [2.75, 3.05) is 7.05 Å². The lowest BCUT2D eigenvalue weighted by molar-refractivity contribution is 0.234. The molecule has 1 unspecified atom stereocenters. The van der Waals surface area contributed by atoms with E-state index in [1.165, 1.54) is 12.1 Å². The average molecular weight is 291 g/mol. The van der Waals surface area contributed by atoms with Crippen molar-refractivity contribution in [3.8, 4) is 0 Å². The van der Waals surface area contributed by atoms with E-state index in [0.29, 0.717) is 12.0 Å². The third kappa shape index (κ3) is 3.98. The highest BCUT2D eigenvalue weighted by Gasteiger charge is 2.29. The zero-order chi connectivity index (χ0) is 14.5. The van der Waals surface area contributed by atoms with Crippen molar-refractivity contribution in [2.45, 2.75) is 42.9 Å². The molecule has 0 fully saturated rings. The van der Waals surface area contributed by atoms with Gasteiger partial charge in [0.05, 0.1) is 4.90 Å². The predicted molar refractivity (Wildman–Crippen MR) is 71.1 cm³/mol. The van der Waals surface area contributed by atoms with Crippen LogP contribution < -0.4 is 5.32 Å². The number of halogens is 2. The number of nitrogens with one attached hydrogen (secondary N) is 1. The molecule has 0 aliphatic carbocycles. The summed E-state index contributed by atoms with van der Waals surface area (Å²) in [4.78, 5) is -0.263. The van der Waals surface area contributed by atoms with Crippen molar-refractivity contribution in [3.63, 3.8) is 0 Å². The lowest BCUT2D eigenvalue weighted by Crippen LogP contribution is -2.28. The zero-order valence-electron chi connectivity index (χ0n) is 11.1. The van der Waals surface area contributed by atoms with Crippen LogP contribution in [0.3, 0.4) is 0 Å². The molecule has 0 saturated heterocycles. The second-order valence-electron chi connectivity index (χ2n) is 4.39. The van der Waals surface area contributed by atoms with Crippen LogP contribution in [-0.4, -0.2) is 27.3 Å². The summed E-state index contributed by atoms with van der Waals surface area (Å²) in [6, 6.07) is 6.05. The topological polar surface area (TPSA) is 46.2 Å². The number of hydrogen-bond donors (Lipinski definition) is 1. The summed E-state index contributed by atoms with van der Waals surface area (Å²) < 4.78 is 48.5. The Morgan fingerprint density at radius 2 is 1.89 bits per heavy atom. The van der Waals surface area contributed by atoms with Crippen molar-refractivity contribution in [2.24, 2.45) is 0 Å². The average Bonchev–Trinajstić information content (AvgIpc) is 2.38. The van der Waals surface area contributed by atoms with E-state index in [0.717, 1.165) is 12.8 Å². The second-order valence-corrected chi connectivity index (χ2v) is 6.28. The van der Waals surface area contributed by atoms with E-state index in [-0.39, 0.29) is 10.9 Å². The molecule has 1 atom stereocenters. The van der Waals surface area contributed by atoms with Crippen LogP contribution in [0, 0.1) is 0 Å². The number of sulfone groups is 1. The van der Waals surface area contributed by atoms with Gasteiger partial charge in [-0.1, -0.05) is 31.5 Å². The molecular weight excluding hydrogens is 272 g/mol. The minimum absolute atomic E-state index is 0.0824. The maximum Gasteiger partial charge on any atom is 0.341 e. The lowest BCUT2D eigenvalue weighted by Gasteiger charge is -2.17. The number of alkyl halides is 2. The standard InChI is InChI=1S/C13H19F2NO2S/c1-3-6-11(16-2)9-10-7-4-5-8-12(10)19(17,18)13(14)15/h4-5,7-8,11,13,16H,3,6,9H2,1-2H3. The fourth-order valence-corrected chi connectivity index (χ4v) is 2.99. The van der Waals surface area contributed by atoms with Gasteiger partial charge in [0.2, 0.25) is 9.84 Å². The number of rotatable bonds is 7. The molecule has 0 amide bonds. The summed E-state index contributed by atoms with van der Waals surface area (Å²) in [6.45, 7) is 2.02. The Morgan fingerprint density at radius 1 is 1.26 bits per heavy atom. The Labute approximate surface area is 112 Å². The molecule has 0 bridgehead atoms. The maximum absolute atomic E-state index is 12.6. The first-order valence-electron chi connectivity index (χ1n) is 6.20. The highest BCUT2D eigenvalue weighted by Crippen LogP contribution is 2.23. The van der Waals surface area contributed by atoms with Crippen molar-refractivity contribution in [1.29, 1.82) is 0 Å². The van der Waals surface area contributed by atoms with Gasteiger partial charge in [0.25, 0.3) is 0 Å². The Bertz CT molecular complexity index is 503. The van der Waals surface area contributed by atoms with Crippen molar-refractivity contribution in [3.05, 3.63) is 29.8 Å². The summed E-state index contributed by atoms with van der Waals surface area (Å²) in [6.07, 6.45) is 2.22. The van der Waals surface area contributed by atoms with E-state index in [4.69, 9.17) is 0 Å². The Balaban J connectivity index is 3.09. The smallest absolute Gasteiger partial charge is 0.317 e. The van der Waals surface area contributed by atoms with Gasteiger partial charge in [-0.05, 0) is 31.5 Å². The third-order valence-electron chi connectivity index (χ3n) is 3.03. The van der Waals surface area contributed by atoms with Crippen LogP contribution in [0.5, 0.6) is 0 Å². The van der Waals surface area contributed by atoms with Crippen molar-refractivity contribution in [1.82, 2.24) is 5.32 Å². The molecule has 6 heteroatoms. The van der Waals surface area contributed by atoms with Gasteiger partial charge < -0.3 is 5.32 Å². The quantitative estimate of drug-likeness (QED) is 0.840. The first-order valence-corrected chi connectivity index (χ1v) is 7.75. The molecule has 1 aromatic rings. The molecule has 0 aliphatic rings. The van der Waals surface area contributed by atoms with Crippen molar-refractivity contribution >= 4 is 9.84 Å². The Hall–Kier alpha value is -1.01. The van der Waals surface area contributed by atoms with Crippen LogP contribution in [0.2, 0.25) is 0 Å². The molecule has 0 aliphatic heterocycles. The summed E-state index contributed by atoms with van der Waals surface area (Å²) in [7, 11) is -2.76. The van der Waals surface area contributed by atoms with Crippen molar-refractivity contribution < 1.29 is 17.2 Å². The Morgan fingerprint density at radius 3 is 2.42 bits per heavy atom. The SMILES string of the molecule is CCCC(Cc1ccccc1S(=O)(=O)C(F)F)NC. The largest absolute Gasteiger partial charge is 0.341 e. The van der Waals surface area contributed by atoms with Gasteiger partial charge in [-0.2, -0.15) is 8.78 Å². The second kappa shape index (κ2) is 6.96. The highest BCUT2D eigenvalue weighted by molar-refractivity contribution is 7.91. The van der Waals surface area contributed by atoms with E-state index in [1.54, 1.807) is 19.2 Å². The van der Waals surface area contributed by atoms with Gasteiger partial charge >= 0.3 is 5.76 Å². The van der Waals surface area contributed by atoms with E-state index in [9.17, 15) is 17.2 Å². The molecule has 1 rings (SSSR count). The molecule has 1 N–H and O–H groups in total. The summed E-state index contributed by atoms with van der Waals surface area (Å²) >= 11 is 0. The first kappa shape index (κ1) is 16.0. The molecule has 108 valence electrons. The maximum atomic E-state index is 12.6. The van der Waals surface area contributed by atoms with Crippen LogP contribution >= 0.6 is 0 Å². The molecule has 0 heterocycles. The lowest BCUT2D eigenvalue weighted by atomic mass is 10.0. The van der Waals surface area contributed by atoms with E-state index < -0.39 is 15.6 Å². The van der Waals surface area contributed by atoms with Crippen LogP contribution in [-0.2, 0) is 16.3 Å². The fourth-order valence-electron chi connectivity index (χ4n) is 2.01. The molecule has 0 spiro atoms. The number of likely N-dealkylation sites (N-methyl/N-ethyl adjacent to an activating group) is 1. The van der Waals surface area contributed by atoms with Gasteiger partial charge in [-0.3, -0.25) is 0 Å². The fraction of sp³-hybridized carbons (Fsp3) is 0.538. The van der Waals surface area contributed by atoms with Gasteiger partial charge in [0.15, 0.2) is 0 Å². The third-order valence-corrected chi connectivity index (χ3v) is 4.51. The molecule has 1 aromatic carbocycles. The van der Waals surface area contributed by atoms with Crippen LogP contribution in [0.15, 0.2) is 29.2 Å². The van der Waals surface area contributed by atoms with Gasteiger partial charge in [-0.25, -0.2) is 8.42 Å². The minimum Gasteiger partial charge on any atom is -0.317 e. The zero-order valence-corrected chi connectivity index (χ0v) is 11.9. The molecule has 19 heavy (non-hydrogen) atoms. The summed E-state index contributed by atoms with van der Waals surface area (Å²) in [5.74, 6) is -3.38. The van der Waals surface area contributed by atoms with Crippen LogP contribution in [0.4, 0.5) is 8.78 Å². The molecular formula is C13H19F2NO2S. The number of benzene rings is 1. The molecule has 0 aromatic heterocycles. The van der Waals surface area contributed by atoms with E-state index >= 15 is 0 Å². The van der Waals surface area contributed by atoms with Crippen LogP contribution in [0.25, 0.3) is 0 Å². The van der Waals surface area contributed by atoms with Crippen LogP contribution in [0.1, 0.15) is 25.3 Å². The molecule has 3 nitrogen and oxygen atoms in total. The first-order chi connectivity index (χ1) is 8.93. The highest BCUT2D eigenvalue weighted by atomic mass is 32.2.